The third-order valence-electron chi connectivity index (χ3n) is 8.23. The molecule has 4 rings (SSSR count). The number of hydrogen-bond donors (Lipinski definition) is 1. The molecule has 3 aliphatic heterocycles. The first-order chi connectivity index (χ1) is 15.5. The molecular formula is C26H45N3O3. The minimum absolute atomic E-state index is 0.108. The van der Waals surface area contributed by atoms with Crippen molar-refractivity contribution in [2.75, 3.05) is 39.4 Å². The van der Waals surface area contributed by atoms with E-state index in [1.165, 1.54) is 19.4 Å². The van der Waals surface area contributed by atoms with E-state index in [2.05, 4.69) is 24.1 Å². The van der Waals surface area contributed by atoms with E-state index < -0.39 is 6.04 Å². The van der Waals surface area contributed by atoms with Gasteiger partial charge in [0.1, 0.15) is 6.04 Å². The average Bonchev–Trinajstić information content (AvgIpc) is 3.46. The van der Waals surface area contributed by atoms with Gasteiger partial charge in [-0.3, -0.25) is 9.59 Å². The Morgan fingerprint density at radius 3 is 2.50 bits per heavy atom. The van der Waals surface area contributed by atoms with Crippen molar-refractivity contribution in [2.45, 2.75) is 96.6 Å². The van der Waals surface area contributed by atoms with Gasteiger partial charge in [-0.25, -0.2) is 0 Å². The topological polar surface area (TPSA) is 61.9 Å². The lowest BCUT2D eigenvalue weighted by atomic mass is 9.73. The number of carbonyl (C=O) groups is 2. The summed E-state index contributed by atoms with van der Waals surface area (Å²) in [5, 5.41) is 3.30. The first-order valence-corrected chi connectivity index (χ1v) is 13.4. The van der Waals surface area contributed by atoms with Crippen LogP contribution in [0.15, 0.2) is 0 Å². The van der Waals surface area contributed by atoms with Crippen LogP contribution in [-0.2, 0) is 14.3 Å². The van der Waals surface area contributed by atoms with E-state index in [-0.39, 0.29) is 23.3 Å². The zero-order valence-corrected chi connectivity index (χ0v) is 20.4. The summed E-state index contributed by atoms with van der Waals surface area (Å²) in [7, 11) is 0. The van der Waals surface area contributed by atoms with Crippen molar-refractivity contribution in [3.05, 3.63) is 0 Å². The normalized spacial score (nSPS) is 30.9. The molecule has 4 fully saturated rings. The van der Waals surface area contributed by atoms with Crippen molar-refractivity contribution in [1.82, 2.24) is 15.1 Å². The second-order valence-electron chi connectivity index (χ2n) is 11.4. The molecule has 1 aliphatic carbocycles. The quantitative estimate of drug-likeness (QED) is 0.715. The standard InChI is InChI=1S/C26H45N3O3/c1-20(2)17-23-24(30)29-13-6-7-22(29)19-32-16-5-3-4-10-26(25(31)27-23)11-14-28(15-12-26)18-21-8-9-21/h20-23H,3-19H2,1-2H3,(H,27,31)/t22-,23-/m0/s1. The molecule has 3 saturated heterocycles. The number of carbonyl (C=O) groups excluding carboxylic acids is 2. The van der Waals surface area contributed by atoms with E-state index in [0.29, 0.717) is 18.9 Å². The van der Waals surface area contributed by atoms with Crippen molar-refractivity contribution < 1.29 is 14.3 Å². The molecule has 32 heavy (non-hydrogen) atoms. The summed E-state index contributed by atoms with van der Waals surface area (Å²) in [4.78, 5) is 32.0. The van der Waals surface area contributed by atoms with Crippen molar-refractivity contribution >= 4 is 11.8 Å². The van der Waals surface area contributed by atoms with E-state index in [1.54, 1.807) is 0 Å². The van der Waals surface area contributed by atoms with Gasteiger partial charge in [0.2, 0.25) is 11.8 Å². The minimum atomic E-state index is -0.410. The van der Waals surface area contributed by atoms with Gasteiger partial charge in [0.15, 0.2) is 0 Å². The third-order valence-corrected chi connectivity index (χ3v) is 8.23. The van der Waals surface area contributed by atoms with E-state index in [9.17, 15) is 9.59 Å². The van der Waals surface area contributed by atoms with Gasteiger partial charge in [-0.05, 0) is 82.7 Å². The first kappa shape index (κ1) is 24.0. The molecule has 182 valence electrons. The Hall–Kier alpha value is -1.14. The lowest BCUT2D eigenvalue weighted by molar-refractivity contribution is -0.143. The Balaban J connectivity index is 1.49. The number of amides is 2. The molecule has 4 aliphatic rings. The summed E-state index contributed by atoms with van der Waals surface area (Å²) in [5.74, 6) is 1.50. The Labute approximate surface area is 194 Å². The second-order valence-corrected chi connectivity index (χ2v) is 11.4. The van der Waals surface area contributed by atoms with Gasteiger partial charge in [-0.1, -0.05) is 26.7 Å². The monoisotopic (exact) mass is 447 g/mol. The molecule has 2 amide bonds. The predicted molar refractivity (Wildman–Crippen MR) is 126 cm³/mol. The molecule has 6 nitrogen and oxygen atoms in total. The summed E-state index contributed by atoms with van der Waals surface area (Å²) in [5.41, 5.74) is -0.315. The number of nitrogens with zero attached hydrogens (tertiary/aromatic N) is 2. The molecule has 1 saturated carbocycles. The molecular weight excluding hydrogens is 402 g/mol. The van der Waals surface area contributed by atoms with Crippen LogP contribution in [0.5, 0.6) is 0 Å². The highest BCUT2D eigenvalue weighted by atomic mass is 16.5. The van der Waals surface area contributed by atoms with Crippen LogP contribution in [-0.4, -0.2) is 73.1 Å². The Morgan fingerprint density at radius 2 is 1.78 bits per heavy atom. The fraction of sp³-hybridized carbons (Fsp3) is 0.923. The van der Waals surface area contributed by atoms with Crippen molar-refractivity contribution in [3.8, 4) is 0 Å². The van der Waals surface area contributed by atoms with Gasteiger partial charge in [0.25, 0.3) is 0 Å². The van der Waals surface area contributed by atoms with Crippen LogP contribution in [0.1, 0.15) is 84.5 Å². The maximum Gasteiger partial charge on any atom is 0.245 e. The van der Waals surface area contributed by atoms with E-state index >= 15 is 0 Å². The average molecular weight is 448 g/mol. The molecule has 0 bridgehead atoms. The smallest absolute Gasteiger partial charge is 0.245 e. The fourth-order valence-corrected chi connectivity index (χ4v) is 5.99. The van der Waals surface area contributed by atoms with Gasteiger partial charge in [0.05, 0.1) is 18.1 Å². The fourth-order valence-electron chi connectivity index (χ4n) is 5.99. The lowest BCUT2D eigenvalue weighted by Crippen LogP contribution is -2.56. The summed E-state index contributed by atoms with van der Waals surface area (Å²) in [6.07, 6.45) is 11.5. The SMILES string of the molecule is CC(C)C[C@@H]1NC(=O)C2(CCCCCOC[C@@H]3CCCN3C1=O)CCN(CC1CC1)CC2. The summed E-state index contributed by atoms with van der Waals surface area (Å²) in [6, 6.07) is -0.246. The summed E-state index contributed by atoms with van der Waals surface area (Å²) < 4.78 is 5.98. The Bertz CT molecular complexity index is 640. The molecule has 0 aromatic rings. The Morgan fingerprint density at radius 1 is 1.00 bits per heavy atom. The van der Waals surface area contributed by atoms with Gasteiger partial charge in [-0.2, -0.15) is 0 Å². The lowest BCUT2D eigenvalue weighted by Gasteiger charge is -2.42. The van der Waals surface area contributed by atoms with Crippen molar-refractivity contribution in [3.63, 3.8) is 0 Å². The zero-order chi connectivity index (χ0) is 22.6. The first-order valence-electron chi connectivity index (χ1n) is 13.4. The van der Waals surface area contributed by atoms with Crippen molar-refractivity contribution in [1.29, 1.82) is 0 Å². The zero-order valence-electron chi connectivity index (χ0n) is 20.4. The van der Waals surface area contributed by atoms with E-state index in [0.717, 1.165) is 83.5 Å². The highest BCUT2D eigenvalue weighted by molar-refractivity contribution is 5.90. The van der Waals surface area contributed by atoms with Gasteiger partial charge in [-0.15, -0.1) is 0 Å². The second kappa shape index (κ2) is 10.9. The van der Waals surface area contributed by atoms with Gasteiger partial charge < -0.3 is 19.9 Å². The van der Waals surface area contributed by atoms with Crippen LogP contribution in [0.3, 0.4) is 0 Å². The van der Waals surface area contributed by atoms with E-state index in [4.69, 9.17) is 4.74 Å². The maximum atomic E-state index is 13.8. The van der Waals surface area contributed by atoms with Crippen LogP contribution in [0, 0.1) is 17.3 Å². The predicted octanol–water partition coefficient (Wildman–Crippen LogP) is 3.59. The van der Waals surface area contributed by atoms with Crippen LogP contribution in [0.4, 0.5) is 0 Å². The number of piperidine rings is 1. The molecule has 2 atom stereocenters. The summed E-state index contributed by atoms with van der Waals surface area (Å²) >= 11 is 0. The molecule has 0 aromatic heterocycles. The van der Waals surface area contributed by atoms with Crippen molar-refractivity contribution in [2.24, 2.45) is 17.3 Å². The largest absolute Gasteiger partial charge is 0.379 e. The molecule has 6 heteroatoms. The number of nitrogens with one attached hydrogen (secondary N) is 1. The van der Waals surface area contributed by atoms with Crippen LogP contribution >= 0.6 is 0 Å². The number of likely N-dealkylation sites (tertiary alicyclic amines) is 1. The van der Waals surface area contributed by atoms with Gasteiger partial charge in [0, 0.05) is 19.7 Å². The highest BCUT2D eigenvalue weighted by Gasteiger charge is 2.44. The van der Waals surface area contributed by atoms with Gasteiger partial charge >= 0.3 is 0 Å². The summed E-state index contributed by atoms with van der Waals surface area (Å²) in [6.45, 7) is 9.71. The Kier molecular flexibility index (Phi) is 8.14. The number of hydrogen-bond acceptors (Lipinski definition) is 4. The molecule has 1 N–H and O–H groups in total. The van der Waals surface area contributed by atoms with E-state index in [1.807, 2.05) is 4.90 Å². The molecule has 0 unspecified atom stereocenters. The maximum absolute atomic E-state index is 13.8. The van der Waals surface area contributed by atoms with Crippen LogP contribution < -0.4 is 5.32 Å². The molecule has 0 radical (unpaired) electrons. The van der Waals surface area contributed by atoms with Crippen LogP contribution in [0.25, 0.3) is 0 Å². The molecule has 3 heterocycles. The number of rotatable bonds is 4. The molecule has 0 aromatic carbocycles. The number of ether oxygens (including phenoxy) is 1. The minimum Gasteiger partial charge on any atom is -0.379 e. The highest BCUT2D eigenvalue weighted by Crippen LogP contribution is 2.39. The third kappa shape index (κ3) is 6.05. The molecule has 1 spiro atoms. The van der Waals surface area contributed by atoms with Crippen LogP contribution in [0.2, 0.25) is 0 Å². The number of fused-ring (bicyclic) bond motifs is 1.